The van der Waals surface area contributed by atoms with Gasteiger partial charge in [-0.15, -0.1) is 0 Å². The van der Waals surface area contributed by atoms with Gasteiger partial charge in [0.25, 0.3) is 0 Å². The largest absolute Gasteiger partial charge is 0.395 e. The maximum atomic E-state index is 9.02. The molecule has 1 unspecified atom stereocenters. The number of ether oxygens (including phenoxy) is 2. The standard InChI is InChI=1S/C11H23NO3/c1-11(2)10(4-8-14-3)12(5-7-13)6-9-15-11/h10,13H,4-9H2,1-3H3. The van der Waals surface area contributed by atoms with Gasteiger partial charge in [-0.25, -0.2) is 0 Å². The van der Waals surface area contributed by atoms with Crippen LogP contribution in [0.4, 0.5) is 0 Å². The Bertz CT molecular complexity index is 183. The first-order chi connectivity index (χ1) is 7.11. The minimum absolute atomic E-state index is 0.147. The van der Waals surface area contributed by atoms with Crippen LogP contribution in [0.3, 0.4) is 0 Å². The van der Waals surface area contributed by atoms with Gasteiger partial charge >= 0.3 is 0 Å². The molecule has 1 saturated heterocycles. The van der Waals surface area contributed by atoms with Crippen LogP contribution in [0.1, 0.15) is 20.3 Å². The highest BCUT2D eigenvalue weighted by Gasteiger charge is 2.37. The first-order valence-corrected chi connectivity index (χ1v) is 5.59. The predicted molar refractivity (Wildman–Crippen MR) is 59.0 cm³/mol. The molecule has 1 atom stereocenters. The van der Waals surface area contributed by atoms with E-state index in [1.807, 2.05) is 0 Å². The van der Waals surface area contributed by atoms with Gasteiger partial charge in [0.15, 0.2) is 0 Å². The van der Waals surface area contributed by atoms with Crippen LogP contribution in [0, 0.1) is 0 Å². The third kappa shape index (κ3) is 3.41. The highest BCUT2D eigenvalue weighted by atomic mass is 16.5. The van der Waals surface area contributed by atoms with Crippen molar-refractivity contribution >= 4 is 0 Å². The Balaban J connectivity index is 2.59. The number of nitrogens with zero attached hydrogens (tertiary/aromatic N) is 1. The lowest BCUT2D eigenvalue weighted by atomic mass is 9.92. The molecule has 1 heterocycles. The zero-order chi connectivity index (χ0) is 11.3. The van der Waals surface area contributed by atoms with E-state index < -0.39 is 0 Å². The lowest BCUT2D eigenvalue weighted by Gasteiger charge is -2.46. The van der Waals surface area contributed by atoms with Crippen molar-refractivity contribution in [3.8, 4) is 0 Å². The molecular weight excluding hydrogens is 194 g/mol. The van der Waals surface area contributed by atoms with Crippen molar-refractivity contribution in [2.45, 2.75) is 31.9 Å². The average molecular weight is 217 g/mol. The third-order valence-electron chi connectivity index (χ3n) is 3.08. The number of rotatable bonds is 5. The Morgan fingerprint density at radius 3 is 2.87 bits per heavy atom. The number of hydrogen-bond donors (Lipinski definition) is 1. The van der Waals surface area contributed by atoms with E-state index in [1.165, 1.54) is 0 Å². The summed E-state index contributed by atoms with van der Waals surface area (Å²) in [5.41, 5.74) is -0.147. The SMILES string of the molecule is COCCC1N(CCO)CCOC1(C)C. The van der Waals surface area contributed by atoms with Crippen LogP contribution in [0.15, 0.2) is 0 Å². The van der Waals surface area contributed by atoms with Gasteiger partial charge in [-0.3, -0.25) is 4.90 Å². The summed E-state index contributed by atoms with van der Waals surface area (Å²) in [5, 5.41) is 9.02. The first kappa shape index (κ1) is 12.9. The summed E-state index contributed by atoms with van der Waals surface area (Å²) < 4.78 is 10.9. The molecular formula is C11H23NO3. The summed E-state index contributed by atoms with van der Waals surface area (Å²) in [6, 6.07) is 0.332. The van der Waals surface area contributed by atoms with Crippen LogP contribution < -0.4 is 0 Å². The highest BCUT2D eigenvalue weighted by molar-refractivity contribution is 4.90. The molecule has 0 aliphatic carbocycles. The molecule has 0 aromatic carbocycles. The quantitative estimate of drug-likeness (QED) is 0.728. The number of hydrogen-bond acceptors (Lipinski definition) is 4. The molecule has 1 N–H and O–H groups in total. The molecule has 4 nitrogen and oxygen atoms in total. The molecule has 90 valence electrons. The van der Waals surface area contributed by atoms with Gasteiger partial charge in [0.05, 0.1) is 18.8 Å². The minimum Gasteiger partial charge on any atom is -0.395 e. The van der Waals surface area contributed by atoms with Crippen LogP contribution >= 0.6 is 0 Å². The maximum Gasteiger partial charge on any atom is 0.0782 e. The molecule has 0 amide bonds. The molecule has 1 aliphatic heterocycles. The summed E-state index contributed by atoms with van der Waals surface area (Å²) in [4.78, 5) is 2.29. The van der Waals surface area contributed by atoms with Gasteiger partial charge in [-0.2, -0.15) is 0 Å². The lowest BCUT2D eigenvalue weighted by Crippen LogP contribution is -2.57. The summed E-state index contributed by atoms with van der Waals surface area (Å²) in [5.74, 6) is 0. The number of aliphatic hydroxyl groups excluding tert-OH is 1. The van der Waals surface area contributed by atoms with E-state index in [1.54, 1.807) is 7.11 Å². The van der Waals surface area contributed by atoms with E-state index in [2.05, 4.69) is 18.7 Å². The van der Waals surface area contributed by atoms with Crippen molar-refractivity contribution in [2.75, 3.05) is 40.0 Å². The van der Waals surface area contributed by atoms with Crippen molar-refractivity contribution in [3.05, 3.63) is 0 Å². The summed E-state index contributed by atoms with van der Waals surface area (Å²) in [6.07, 6.45) is 0.948. The van der Waals surface area contributed by atoms with E-state index >= 15 is 0 Å². The first-order valence-electron chi connectivity index (χ1n) is 5.59. The summed E-state index contributed by atoms with van der Waals surface area (Å²) >= 11 is 0. The van der Waals surface area contributed by atoms with Gasteiger partial charge in [0, 0.05) is 32.8 Å². The molecule has 0 aromatic heterocycles. The molecule has 15 heavy (non-hydrogen) atoms. The molecule has 0 radical (unpaired) electrons. The van der Waals surface area contributed by atoms with Gasteiger partial charge in [0.1, 0.15) is 0 Å². The smallest absolute Gasteiger partial charge is 0.0782 e. The third-order valence-corrected chi connectivity index (χ3v) is 3.08. The fourth-order valence-electron chi connectivity index (χ4n) is 2.27. The second kappa shape index (κ2) is 5.80. The highest BCUT2D eigenvalue weighted by Crippen LogP contribution is 2.26. The lowest BCUT2D eigenvalue weighted by molar-refractivity contribution is -0.134. The molecule has 0 spiro atoms. The Labute approximate surface area is 92.2 Å². The van der Waals surface area contributed by atoms with Gasteiger partial charge in [-0.1, -0.05) is 0 Å². The fourth-order valence-corrected chi connectivity index (χ4v) is 2.27. The van der Waals surface area contributed by atoms with E-state index in [4.69, 9.17) is 14.6 Å². The number of β-amino-alcohol motifs (C(OH)–C–C–N with tert-alkyl or cyclic N) is 1. The normalized spacial score (nSPS) is 26.8. The van der Waals surface area contributed by atoms with Crippen molar-refractivity contribution in [2.24, 2.45) is 0 Å². The molecule has 0 aromatic rings. The Hall–Kier alpha value is -0.160. The Morgan fingerprint density at radius 1 is 1.53 bits per heavy atom. The minimum atomic E-state index is -0.147. The molecule has 1 fully saturated rings. The summed E-state index contributed by atoms with van der Waals surface area (Å²) in [6.45, 7) is 7.53. The number of aliphatic hydroxyl groups is 1. The van der Waals surface area contributed by atoms with Crippen LogP contribution in [0.5, 0.6) is 0 Å². The van der Waals surface area contributed by atoms with Crippen LogP contribution in [-0.4, -0.2) is 61.7 Å². The second-order valence-electron chi connectivity index (χ2n) is 4.51. The molecule has 4 heteroatoms. The van der Waals surface area contributed by atoms with Gasteiger partial charge < -0.3 is 14.6 Å². The van der Waals surface area contributed by atoms with E-state index in [0.717, 1.165) is 32.7 Å². The molecule has 0 saturated carbocycles. The van der Waals surface area contributed by atoms with Gasteiger partial charge in [-0.05, 0) is 20.3 Å². The van der Waals surface area contributed by atoms with E-state index in [0.29, 0.717) is 6.04 Å². The molecule has 1 rings (SSSR count). The van der Waals surface area contributed by atoms with Crippen molar-refractivity contribution in [3.63, 3.8) is 0 Å². The predicted octanol–water partition coefficient (Wildman–Crippen LogP) is 0.495. The molecule has 0 bridgehead atoms. The number of methoxy groups -OCH3 is 1. The zero-order valence-corrected chi connectivity index (χ0v) is 10.0. The average Bonchev–Trinajstić information content (AvgIpc) is 2.16. The van der Waals surface area contributed by atoms with Crippen molar-refractivity contribution in [1.29, 1.82) is 0 Å². The van der Waals surface area contributed by atoms with Crippen LogP contribution in [-0.2, 0) is 9.47 Å². The van der Waals surface area contributed by atoms with Gasteiger partial charge in [0.2, 0.25) is 0 Å². The second-order valence-corrected chi connectivity index (χ2v) is 4.51. The molecule has 1 aliphatic rings. The van der Waals surface area contributed by atoms with Crippen LogP contribution in [0.25, 0.3) is 0 Å². The topological polar surface area (TPSA) is 41.9 Å². The number of morpholine rings is 1. The van der Waals surface area contributed by atoms with Crippen molar-refractivity contribution in [1.82, 2.24) is 4.90 Å². The fraction of sp³-hybridized carbons (Fsp3) is 1.00. The summed E-state index contributed by atoms with van der Waals surface area (Å²) in [7, 11) is 1.72. The van der Waals surface area contributed by atoms with E-state index in [-0.39, 0.29) is 12.2 Å². The Kier molecular flexibility index (Phi) is 4.99. The van der Waals surface area contributed by atoms with Crippen LogP contribution in [0.2, 0.25) is 0 Å². The van der Waals surface area contributed by atoms with E-state index in [9.17, 15) is 0 Å². The maximum absolute atomic E-state index is 9.02. The van der Waals surface area contributed by atoms with Crippen molar-refractivity contribution < 1.29 is 14.6 Å². The monoisotopic (exact) mass is 217 g/mol. The zero-order valence-electron chi connectivity index (χ0n) is 10.0. The Morgan fingerprint density at radius 2 is 2.27 bits per heavy atom.